The van der Waals surface area contributed by atoms with E-state index in [0.717, 1.165) is 16.7 Å². The highest BCUT2D eigenvalue weighted by Gasteiger charge is 2.36. The van der Waals surface area contributed by atoms with Crippen LogP contribution in [0.1, 0.15) is 11.1 Å². The molecule has 29 heavy (non-hydrogen) atoms. The molecule has 5 nitrogen and oxygen atoms in total. The zero-order valence-corrected chi connectivity index (χ0v) is 17.1. The van der Waals surface area contributed by atoms with Crippen LogP contribution in [0.15, 0.2) is 54.0 Å². The zero-order chi connectivity index (χ0) is 21.0. The third-order valence-electron chi connectivity index (χ3n) is 4.11. The van der Waals surface area contributed by atoms with Gasteiger partial charge in [-0.1, -0.05) is 42.5 Å². The Morgan fingerprint density at radius 2 is 2.00 bits per heavy atom. The summed E-state index contributed by atoms with van der Waals surface area (Å²) in [5, 5.41) is -0.349. The largest absolute Gasteiger partial charge is 0.493 e. The van der Waals surface area contributed by atoms with E-state index in [0.29, 0.717) is 17.1 Å². The maximum Gasteiger partial charge on any atom is 0.293 e. The van der Waals surface area contributed by atoms with Crippen LogP contribution in [0.3, 0.4) is 0 Å². The van der Waals surface area contributed by atoms with E-state index in [1.165, 1.54) is 25.3 Å². The first-order valence-corrected chi connectivity index (χ1v) is 9.74. The molecule has 2 aromatic carbocycles. The number of hydrogen-bond acceptors (Lipinski definition) is 5. The summed E-state index contributed by atoms with van der Waals surface area (Å²) >= 11 is 6.79. The van der Waals surface area contributed by atoms with Crippen LogP contribution in [0.2, 0.25) is 5.02 Å². The van der Waals surface area contributed by atoms with Crippen LogP contribution in [0.25, 0.3) is 6.08 Å². The van der Waals surface area contributed by atoms with Crippen LogP contribution in [0.4, 0.5) is 9.18 Å². The van der Waals surface area contributed by atoms with Gasteiger partial charge in [-0.05, 0) is 36.0 Å². The van der Waals surface area contributed by atoms with Gasteiger partial charge in [-0.2, -0.15) is 0 Å². The topological polar surface area (TPSA) is 55.8 Å². The molecule has 0 aliphatic carbocycles. The van der Waals surface area contributed by atoms with Gasteiger partial charge in [-0.25, -0.2) is 4.39 Å². The molecule has 0 unspecified atom stereocenters. The Kier molecular flexibility index (Phi) is 6.61. The molecule has 150 valence electrons. The molecule has 0 bridgehead atoms. The van der Waals surface area contributed by atoms with Gasteiger partial charge in [-0.15, -0.1) is 0 Å². The van der Waals surface area contributed by atoms with Crippen molar-refractivity contribution in [3.8, 4) is 11.5 Å². The molecule has 0 aromatic heterocycles. The summed E-state index contributed by atoms with van der Waals surface area (Å²) in [6.07, 6.45) is 3.14. The minimum Gasteiger partial charge on any atom is -0.493 e. The van der Waals surface area contributed by atoms with Gasteiger partial charge < -0.3 is 9.47 Å². The lowest BCUT2D eigenvalue weighted by Gasteiger charge is -2.14. The van der Waals surface area contributed by atoms with Gasteiger partial charge in [0.15, 0.2) is 11.5 Å². The van der Waals surface area contributed by atoms with Crippen molar-refractivity contribution in [2.45, 2.75) is 6.54 Å². The van der Waals surface area contributed by atoms with Gasteiger partial charge in [0.1, 0.15) is 12.4 Å². The number of hydrogen-bond donors (Lipinski definition) is 0. The van der Waals surface area contributed by atoms with Crippen LogP contribution in [-0.4, -0.2) is 29.8 Å². The van der Waals surface area contributed by atoms with Gasteiger partial charge in [0.25, 0.3) is 11.1 Å². The lowest BCUT2D eigenvalue weighted by molar-refractivity contribution is -0.123. The fraction of sp³-hybridized carbons (Fsp3) is 0.143. The van der Waals surface area contributed by atoms with Gasteiger partial charge >= 0.3 is 0 Å². The molecular weight excluding hydrogens is 417 g/mol. The molecule has 1 aliphatic heterocycles. The SMILES string of the molecule is C=CCOc1c(/C=C2\SC(=O)N(Cc3c(F)cccc3Cl)C2=O)cccc1OC. The minimum absolute atomic E-state index is 0.0918. The third kappa shape index (κ3) is 4.46. The van der Waals surface area contributed by atoms with Gasteiger partial charge in [-0.3, -0.25) is 14.5 Å². The summed E-state index contributed by atoms with van der Waals surface area (Å²) in [6, 6.07) is 9.41. The number of rotatable bonds is 7. The van der Waals surface area contributed by atoms with Gasteiger partial charge in [0.2, 0.25) is 0 Å². The molecule has 3 rings (SSSR count). The van der Waals surface area contributed by atoms with E-state index in [9.17, 15) is 14.0 Å². The summed E-state index contributed by atoms with van der Waals surface area (Å²) in [4.78, 5) is 26.3. The lowest BCUT2D eigenvalue weighted by atomic mass is 10.1. The number of carbonyl (C=O) groups is 2. The number of thioether (sulfide) groups is 1. The minimum atomic E-state index is -0.576. The maximum atomic E-state index is 14.1. The van der Waals surface area contributed by atoms with Crippen molar-refractivity contribution in [1.29, 1.82) is 0 Å². The van der Waals surface area contributed by atoms with Crippen LogP contribution in [0.5, 0.6) is 11.5 Å². The molecule has 1 fully saturated rings. The molecule has 2 aromatic rings. The average molecular weight is 434 g/mol. The molecular formula is C21H17ClFNO4S. The van der Waals surface area contributed by atoms with Crippen molar-refractivity contribution in [3.05, 3.63) is 75.9 Å². The Hall–Kier alpha value is -2.77. The normalized spacial score (nSPS) is 15.1. The molecule has 0 radical (unpaired) electrons. The molecule has 0 saturated carbocycles. The summed E-state index contributed by atoms with van der Waals surface area (Å²) in [7, 11) is 1.51. The molecule has 2 amide bonds. The van der Waals surface area contributed by atoms with Crippen LogP contribution in [-0.2, 0) is 11.3 Å². The Morgan fingerprint density at radius 3 is 2.69 bits per heavy atom. The van der Waals surface area contributed by atoms with Crippen LogP contribution in [0, 0.1) is 5.82 Å². The van der Waals surface area contributed by atoms with E-state index in [-0.39, 0.29) is 28.6 Å². The predicted molar refractivity (Wildman–Crippen MR) is 112 cm³/mol. The van der Waals surface area contributed by atoms with Crippen molar-refractivity contribution in [2.75, 3.05) is 13.7 Å². The zero-order valence-electron chi connectivity index (χ0n) is 15.5. The number of carbonyl (C=O) groups excluding carboxylic acids is 2. The first kappa shape index (κ1) is 21.0. The summed E-state index contributed by atoms with van der Waals surface area (Å²) in [6.45, 7) is 3.62. The van der Waals surface area contributed by atoms with Gasteiger partial charge in [0, 0.05) is 16.1 Å². The van der Waals surface area contributed by atoms with Crippen LogP contribution >= 0.6 is 23.4 Å². The number of amides is 2. The summed E-state index contributed by atoms with van der Waals surface area (Å²) in [5.41, 5.74) is 0.662. The number of nitrogens with zero attached hydrogens (tertiary/aromatic N) is 1. The fourth-order valence-electron chi connectivity index (χ4n) is 2.72. The van der Waals surface area contributed by atoms with E-state index in [1.807, 2.05) is 0 Å². The predicted octanol–water partition coefficient (Wildman–Crippen LogP) is 5.29. The first-order chi connectivity index (χ1) is 14.0. The Labute approximate surface area is 176 Å². The molecule has 8 heteroatoms. The second-order valence-electron chi connectivity index (χ2n) is 5.95. The van der Waals surface area contributed by atoms with Gasteiger partial charge in [0.05, 0.1) is 18.6 Å². The van der Waals surface area contributed by atoms with Crippen molar-refractivity contribution < 1.29 is 23.5 Å². The van der Waals surface area contributed by atoms with E-state index in [2.05, 4.69) is 6.58 Å². The van der Waals surface area contributed by atoms with Crippen molar-refractivity contribution in [2.24, 2.45) is 0 Å². The van der Waals surface area contributed by atoms with E-state index >= 15 is 0 Å². The average Bonchev–Trinajstić information content (AvgIpc) is 2.96. The van der Waals surface area contributed by atoms with Crippen molar-refractivity contribution in [3.63, 3.8) is 0 Å². The lowest BCUT2D eigenvalue weighted by Crippen LogP contribution is -2.28. The molecule has 0 spiro atoms. The second kappa shape index (κ2) is 9.15. The fourth-order valence-corrected chi connectivity index (χ4v) is 3.77. The Bertz CT molecular complexity index is 988. The number of methoxy groups -OCH3 is 1. The number of benzene rings is 2. The standard InChI is InChI=1S/C21H17ClFNO4S/c1-3-10-28-19-13(6-4-9-17(19)27-2)11-18-20(25)24(21(26)29-18)12-14-15(22)7-5-8-16(14)23/h3-9,11H,1,10,12H2,2H3/b18-11-. The number of halogens is 2. The van der Waals surface area contributed by atoms with E-state index in [1.54, 1.807) is 30.4 Å². The molecule has 1 aliphatic rings. The molecule has 1 saturated heterocycles. The maximum absolute atomic E-state index is 14.1. The second-order valence-corrected chi connectivity index (χ2v) is 7.35. The highest BCUT2D eigenvalue weighted by Crippen LogP contribution is 2.38. The quantitative estimate of drug-likeness (QED) is 0.438. The summed E-state index contributed by atoms with van der Waals surface area (Å²) < 4.78 is 25.0. The Balaban J connectivity index is 1.92. The Morgan fingerprint density at radius 1 is 1.24 bits per heavy atom. The van der Waals surface area contributed by atoms with E-state index < -0.39 is 17.0 Å². The molecule has 0 atom stereocenters. The number of ether oxygens (including phenoxy) is 2. The molecule has 1 heterocycles. The van der Waals surface area contributed by atoms with Crippen molar-refractivity contribution in [1.82, 2.24) is 4.90 Å². The molecule has 0 N–H and O–H groups in total. The van der Waals surface area contributed by atoms with Crippen LogP contribution < -0.4 is 9.47 Å². The smallest absolute Gasteiger partial charge is 0.293 e. The highest BCUT2D eigenvalue weighted by molar-refractivity contribution is 8.18. The monoisotopic (exact) mass is 433 g/mol. The van der Waals surface area contributed by atoms with E-state index in [4.69, 9.17) is 21.1 Å². The summed E-state index contributed by atoms with van der Waals surface area (Å²) in [5.74, 6) is -0.193. The third-order valence-corrected chi connectivity index (χ3v) is 5.37. The first-order valence-electron chi connectivity index (χ1n) is 8.55. The number of imide groups is 1. The highest BCUT2D eigenvalue weighted by atomic mass is 35.5. The number of para-hydroxylation sites is 1. The van der Waals surface area contributed by atoms with Crippen molar-refractivity contribution >= 4 is 40.6 Å².